The van der Waals surface area contributed by atoms with Gasteiger partial charge in [0.1, 0.15) is 0 Å². The zero-order chi connectivity index (χ0) is 13.4. The fourth-order valence-electron chi connectivity index (χ4n) is 2.01. The predicted octanol–water partition coefficient (Wildman–Crippen LogP) is 3.78. The summed E-state index contributed by atoms with van der Waals surface area (Å²) >= 11 is 0. The van der Waals surface area contributed by atoms with Crippen molar-refractivity contribution >= 4 is 0 Å². The third-order valence-electron chi connectivity index (χ3n) is 3.45. The highest BCUT2D eigenvalue weighted by Gasteiger charge is 2.07. The van der Waals surface area contributed by atoms with Gasteiger partial charge in [-0.25, -0.2) is 0 Å². The van der Waals surface area contributed by atoms with E-state index in [-0.39, 0.29) is 0 Å². The van der Waals surface area contributed by atoms with Crippen LogP contribution in [0.4, 0.5) is 0 Å². The fourth-order valence-corrected chi connectivity index (χ4v) is 2.01. The van der Waals surface area contributed by atoms with Gasteiger partial charge in [-0.05, 0) is 56.6 Å². The largest absolute Gasteiger partial charge is 0.306 e. The van der Waals surface area contributed by atoms with Gasteiger partial charge < -0.3 is 4.90 Å². The first-order chi connectivity index (χ1) is 8.67. The van der Waals surface area contributed by atoms with Gasteiger partial charge in [0, 0.05) is 0 Å². The van der Waals surface area contributed by atoms with Gasteiger partial charge in [-0.1, -0.05) is 32.4 Å². The number of rotatable bonds is 7. The lowest BCUT2D eigenvalue weighted by atomic mass is 9.97. The average Bonchev–Trinajstić information content (AvgIpc) is 2.42. The highest BCUT2D eigenvalue weighted by molar-refractivity contribution is 5.32. The van der Waals surface area contributed by atoms with Crippen molar-refractivity contribution in [2.24, 2.45) is 0 Å². The van der Waals surface area contributed by atoms with Gasteiger partial charge in [-0.3, -0.25) is 0 Å². The summed E-state index contributed by atoms with van der Waals surface area (Å²) in [6, 6.07) is 10.1. The van der Waals surface area contributed by atoms with Gasteiger partial charge in [0.25, 0.3) is 0 Å². The van der Waals surface area contributed by atoms with E-state index in [2.05, 4.69) is 44.0 Å². The summed E-state index contributed by atoms with van der Waals surface area (Å²) in [5, 5.41) is 8.77. The number of nitrogens with zero attached hydrogens (tertiary/aromatic N) is 2. The number of unbranched alkanes of at least 4 members (excludes halogenated alkanes) is 1. The maximum Gasteiger partial charge on any atom is 0.0991 e. The van der Waals surface area contributed by atoms with Crippen molar-refractivity contribution in [2.75, 3.05) is 20.1 Å². The summed E-state index contributed by atoms with van der Waals surface area (Å²) in [4.78, 5) is 2.41. The van der Waals surface area contributed by atoms with Crippen LogP contribution in [0.5, 0.6) is 0 Å². The van der Waals surface area contributed by atoms with E-state index in [9.17, 15) is 0 Å². The van der Waals surface area contributed by atoms with Gasteiger partial charge in [-0.2, -0.15) is 5.26 Å². The van der Waals surface area contributed by atoms with E-state index in [1.807, 2.05) is 12.1 Å². The minimum absolute atomic E-state index is 0.557. The molecule has 0 aliphatic rings. The molecular weight excluding hydrogens is 220 g/mol. The number of hydrogen-bond donors (Lipinski definition) is 0. The second-order valence-electron chi connectivity index (χ2n) is 5.08. The molecule has 0 spiro atoms. The molecule has 0 aliphatic carbocycles. The van der Waals surface area contributed by atoms with Gasteiger partial charge >= 0.3 is 0 Å². The maximum absolute atomic E-state index is 8.77. The molecular formula is C16H24N2. The van der Waals surface area contributed by atoms with Crippen molar-refractivity contribution in [3.63, 3.8) is 0 Å². The van der Waals surface area contributed by atoms with Crippen LogP contribution in [0.2, 0.25) is 0 Å². The van der Waals surface area contributed by atoms with E-state index < -0.39 is 0 Å². The molecule has 0 radical (unpaired) electrons. The Bertz CT molecular complexity index is 375. The lowest BCUT2D eigenvalue weighted by Crippen LogP contribution is -2.22. The van der Waals surface area contributed by atoms with E-state index >= 15 is 0 Å². The van der Waals surface area contributed by atoms with Crippen LogP contribution < -0.4 is 0 Å². The Labute approximate surface area is 111 Å². The zero-order valence-electron chi connectivity index (χ0n) is 11.8. The van der Waals surface area contributed by atoms with Crippen LogP contribution in [0.15, 0.2) is 24.3 Å². The summed E-state index contributed by atoms with van der Waals surface area (Å²) in [7, 11) is 2.20. The van der Waals surface area contributed by atoms with Crippen molar-refractivity contribution in [1.29, 1.82) is 5.26 Å². The molecule has 2 heteroatoms. The summed E-state index contributed by atoms with van der Waals surface area (Å²) in [5.74, 6) is 0.557. The topological polar surface area (TPSA) is 27.0 Å². The van der Waals surface area contributed by atoms with Gasteiger partial charge in [0.2, 0.25) is 0 Å². The normalized spacial score (nSPS) is 12.4. The molecule has 0 saturated carbocycles. The molecule has 0 aliphatic heterocycles. The first kappa shape index (κ1) is 14.7. The Hall–Kier alpha value is -1.33. The van der Waals surface area contributed by atoms with Crippen molar-refractivity contribution < 1.29 is 0 Å². The molecule has 0 fully saturated rings. The minimum atomic E-state index is 0.557. The molecule has 1 atom stereocenters. The van der Waals surface area contributed by atoms with Crippen molar-refractivity contribution in [2.45, 2.75) is 39.0 Å². The third kappa shape index (κ3) is 4.89. The van der Waals surface area contributed by atoms with Gasteiger partial charge in [-0.15, -0.1) is 0 Å². The van der Waals surface area contributed by atoms with Gasteiger partial charge in [0.05, 0.1) is 11.6 Å². The van der Waals surface area contributed by atoms with E-state index in [1.54, 1.807) is 0 Å². The molecule has 1 rings (SSSR count). The molecule has 0 amide bonds. The maximum atomic E-state index is 8.77. The van der Waals surface area contributed by atoms with Crippen LogP contribution in [0.3, 0.4) is 0 Å². The first-order valence-electron chi connectivity index (χ1n) is 6.86. The molecule has 1 aromatic carbocycles. The summed E-state index contributed by atoms with van der Waals surface area (Å²) in [6.45, 7) is 6.82. The van der Waals surface area contributed by atoms with Crippen LogP contribution in [0.25, 0.3) is 0 Å². The zero-order valence-corrected chi connectivity index (χ0v) is 11.8. The van der Waals surface area contributed by atoms with E-state index in [0.717, 1.165) is 12.1 Å². The van der Waals surface area contributed by atoms with Crippen LogP contribution in [-0.4, -0.2) is 25.0 Å². The first-order valence-corrected chi connectivity index (χ1v) is 6.86. The third-order valence-corrected chi connectivity index (χ3v) is 3.45. The number of benzene rings is 1. The Balaban J connectivity index is 2.40. The monoisotopic (exact) mass is 244 g/mol. The van der Waals surface area contributed by atoms with Crippen LogP contribution in [0, 0.1) is 11.3 Å². The molecule has 18 heavy (non-hydrogen) atoms. The molecule has 0 bridgehead atoms. The Morgan fingerprint density at radius 2 is 1.89 bits per heavy atom. The summed E-state index contributed by atoms with van der Waals surface area (Å²) in [5.41, 5.74) is 2.07. The van der Waals surface area contributed by atoms with Crippen LogP contribution >= 0.6 is 0 Å². The summed E-state index contributed by atoms with van der Waals surface area (Å²) in [6.07, 6.45) is 3.71. The molecule has 0 saturated heterocycles. The number of hydrogen-bond acceptors (Lipinski definition) is 2. The standard InChI is InChI=1S/C16H24N2/c1-4-5-11-18(3)12-10-14(2)16-8-6-15(13-17)7-9-16/h6-9,14H,4-5,10-12H2,1-3H3. The molecule has 0 aromatic heterocycles. The lowest BCUT2D eigenvalue weighted by molar-refractivity contribution is 0.315. The van der Waals surface area contributed by atoms with Crippen LogP contribution in [-0.2, 0) is 0 Å². The molecule has 2 nitrogen and oxygen atoms in total. The van der Waals surface area contributed by atoms with Crippen molar-refractivity contribution in [3.8, 4) is 6.07 Å². The van der Waals surface area contributed by atoms with E-state index in [4.69, 9.17) is 5.26 Å². The predicted molar refractivity (Wildman–Crippen MR) is 76.6 cm³/mol. The second-order valence-corrected chi connectivity index (χ2v) is 5.08. The highest BCUT2D eigenvalue weighted by atomic mass is 15.1. The highest BCUT2D eigenvalue weighted by Crippen LogP contribution is 2.19. The Morgan fingerprint density at radius 1 is 1.22 bits per heavy atom. The SMILES string of the molecule is CCCCN(C)CCC(C)c1ccc(C#N)cc1. The molecule has 0 heterocycles. The molecule has 0 N–H and O–H groups in total. The van der Waals surface area contributed by atoms with Crippen molar-refractivity contribution in [1.82, 2.24) is 4.90 Å². The minimum Gasteiger partial charge on any atom is -0.306 e. The quantitative estimate of drug-likeness (QED) is 0.729. The smallest absolute Gasteiger partial charge is 0.0991 e. The van der Waals surface area contributed by atoms with Crippen molar-refractivity contribution in [3.05, 3.63) is 35.4 Å². The molecule has 1 unspecified atom stereocenters. The molecule has 1 aromatic rings. The van der Waals surface area contributed by atoms with Crippen LogP contribution in [0.1, 0.15) is 50.2 Å². The number of nitriles is 1. The summed E-state index contributed by atoms with van der Waals surface area (Å²) < 4.78 is 0. The lowest BCUT2D eigenvalue weighted by Gasteiger charge is -2.19. The van der Waals surface area contributed by atoms with E-state index in [1.165, 1.54) is 31.4 Å². The van der Waals surface area contributed by atoms with Gasteiger partial charge in [0.15, 0.2) is 0 Å². The Morgan fingerprint density at radius 3 is 2.44 bits per heavy atom. The second kappa shape index (κ2) is 7.89. The Kier molecular flexibility index (Phi) is 6.46. The molecule has 98 valence electrons. The average molecular weight is 244 g/mol. The fraction of sp³-hybridized carbons (Fsp3) is 0.562. The van der Waals surface area contributed by atoms with E-state index in [0.29, 0.717) is 5.92 Å².